The van der Waals surface area contributed by atoms with Crippen LogP contribution in [0.4, 0.5) is 0 Å². The molecule has 1 amide bonds. The Labute approximate surface area is 168 Å². The molecule has 0 saturated heterocycles. The van der Waals surface area contributed by atoms with Crippen molar-refractivity contribution in [3.8, 4) is 17.4 Å². The van der Waals surface area contributed by atoms with Crippen molar-refractivity contribution >= 4 is 18.0 Å². The number of furan rings is 1. The third kappa shape index (κ3) is 4.79. The molecule has 3 rings (SSSR count). The first kappa shape index (κ1) is 19.6. The molecular weight excluding hydrogens is 368 g/mol. The van der Waals surface area contributed by atoms with Crippen LogP contribution < -0.4 is 5.32 Å². The summed E-state index contributed by atoms with van der Waals surface area (Å²) in [5, 5.41) is 12.1. The van der Waals surface area contributed by atoms with Crippen molar-refractivity contribution in [1.82, 2.24) is 5.32 Å². The number of esters is 1. The van der Waals surface area contributed by atoms with E-state index in [1.165, 1.54) is 13.2 Å². The predicted octanol–water partition coefficient (Wildman–Crippen LogP) is 3.96. The molecule has 0 aliphatic carbocycles. The van der Waals surface area contributed by atoms with Gasteiger partial charge in [-0.3, -0.25) is 4.79 Å². The Morgan fingerprint density at radius 1 is 1.07 bits per heavy atom. The number of carbonyl (C=O) groups is 2. The number of hydrogen-bond donors (Lipinski definition) is 1. The smallest absolute Gasteiger partial charge is 0.338 e. The predicted molar refractivity (Wildman–Crippen MR) is 107 cm³/mol. The summed E-state index contributed by atoms with van der Waals surface area (Å²) in [5.41, 5.74) is 1.77. The van der Waals surface area contributed by atoms with Crippen LogP contribution in [-0.4, -0.2) is 19.0 Å². The van der Waals surface area contributed by atoms with Gasteiger partial charge in [0.25, 0.3) is 5.91 Å². The second-order valence-electron chi connectivity index (χ2n) is 6.08. The SMILES string of the molecule is COC(=O)c1ccccc1-c1ccc(/C=C(\C#N)C(=O)NCc2ccccc2)o1. The van der Waals surface area contributed by atoms with Crippen LogP contribution in [0.3, 0.4) is 0 Å². The highest BCUT2D eigenvalue weighted by Gasteiger charge is 2.16. The van der Waals surface area contributed by atoms with Gasteiger partial charge >= 0.3 is 5.97 Å². The van der Waals surface area contributed by atoms with Crippen LogP contribution in [0.1, 0.15) is 21.7 Å². The zero-order chi connectivity index (χ0) is 20.6. The minimum absolute atomic E-state index is 0.0805. The molecule has 2 aromatic carbocycles. The van der Waals surface area contributed by atoms with Gasteiger partial charge in [0.15, 0.2) is 0 Å². The lowest BCUT2D eigenvalue weighted by Crippen LogP contribution is -2.23. The van der Waals surface area contributed by atoms with Crippen LogP contribution in [0.25, 0.3) is 17.4 Å². The molecule has 6 nitrogen and oxygen atoms in total. The fourth-order valence-electron chi connectivity index (χ4n) is 2.73. The molecule has 0 bridgehead atoms. The number of benzene rings is 2. The second-order valence-corrected chi connectivity index (χ2v) is 6.08. The Bertz CT molecular complexity index is 1090. The maximum absolute atomic E-state index is 12.3. The van der Waals surface area contributed by atoms with E-state index in [0.29, 0.717) is 29.2 Å². The first-order valence-corrected chi connectivity index (χ1v) is 8.84. The third-order valence-corrected chi connectivity index (χ3v) is 4.17. The van der Waals surface area contributed by atoms with Gasteiger partial charge in [-0.05, 0) is 23.8 Å². The van der Waals surface area contributed by atoms with E-state index < -0.39 is 11.9 Å². The van der Waals surface area contributed by atoms with Gasteiger partial charge in [-0.25, -0.2) is 4.79 Å². The molecule has 1 aromatic heterocycles. The minimum Gasteiger partial charge on any atom is -0.465 e. The summed E-state index contributed by atoms with van der Waals surface area (Å²) >= 11 is 0. The number of methoxy groups -OCH3 is 1. The molecule has 6 heteroatoms. The first-order chi connectivity index (χ1) is 14.1. The van der Waals surface area contributed by atoms with E-state index >= 15 is 0 Å². The van der Waals surface area contributed by atoms with Crippen molar-refractivity contribution in [1.29, 1.82) is 5.26 Å². The molecule has 0 radical (unpaired) electrons. The van der Waals surface area contributed by atoms with Crippen LogP contribution in [0.2, 0.25) is 0 Å². The Balaban J connectivity index is 1.79. The summed E-state index contributed by atoms with van der Waals surface area (Å²) in [6.45, 7) is 0.314. The van der Waals surface area contributed by atoms with Crippen molar-refractivity contribution in [2.24, 2.45) is 0 Å². The van der Waals surface area contributed by atoms with Gasteiger partial charge in [0.2, 0.25) is 0 Å². The van der Waals surface area contributed by atoms with Gasteiger partial charge in [0.05, 0.1) is 12.7 Å². The number of nitrogens with zero attached hydrogens (tertiary/aromatic N) is 1. The van der Waals surface area contributed by atoms with Crippen LogP contribution in [-0.2, 0) is 16.1 Å². The second kappa shape index (κ2) is 9.20. The van der Waals surface area contributed by atoms with Crippen molar-refractivity contribution in [3.05, 3.63) is 89.2 Å². The largest absolute Gasteiger partial charge is 0.465 e. The summed E-state index contributed by atoms with van der Waals surface area (Å²) in [4.78, 5) is 24.3. The average molecular weight is 386 g/mol. The lowest BCUT2D eigenvalue weighted by atomic mass is 10.1. The van der Waals surface area contributed by atoms with Crippen LogP contribution in [0, 0.1) is 11.3 Å². The van der Waals surface area contributed by atoms with E-state index in [0.717, 1.165) is 5.56 Å². The Morgan fingerprint density at radius 2 is 1.79 bits per heavy atom. The number of amides is 1. The van der Waals surface area contributed by atoms with E-state index in [4.69, 9.17) is 9.15 Å². The molecule has 144 valence electrons. The maximum atomic E-state index is 12.3. The van der Waals surface area contributed by atoms with E-state index in [1.807, 2.05) is 36.4 Å². The van der Waals surface area contributed by atoms with E-state index in [1.54, 1.807) is 36.4 Å². The van der Waals surface area contributed by atoms with E-state index in [2.05, 4.69) is 5.32 Å². The average Bonchev–Trinajstić information content (AvgIpc) is 3.24. The lowest BCUT2D eigenvalue weighted by Gasteiger charge is -2.05. The van der Waals surface area contributed by atoms with E-state index in [9.17, 15) is 14.9 Å². The van der Waals surface area contributed by atoms with Crippen LogP contribution in [0.15, 0.2) is 76.7 Å². The number of hydrogen-bond acceptors (Lipinski definition) is 5. The zero-order valence-corrected chi connectivity index (χ0v) is 15.7. The molecule has 0 unspecified atom stereocenters. The Morgan fingerprint density at radius 3 is 2.52 bits per heavy atom. The maximum Gasteiger partial charge on any atom is 0.338 e. The lowest BCUT2D eigenvalue weighted by molar-refractivity contribution is -0.117. The van der Waals surface area contributed by atoms with Crippen molar-refractivity contribution in [3.63, 3.8) is 0 Å². The highest BCUT2D eigenvalue weighted by molar-refractivity contribution is 6.01. The molecular formula is C23H18N2O4. The fourth-order valence-corrected chi connectivity index (χ4v) is 2.73. The number of carbonyl (C=O) groups excluding carboxylic acids is 2. The fraction of sp³-hybridized carbons (Fsp3) is 0.0870. The molecule has 1 heterocycles. The van der Waals surface area contributed by atoms with Gasteiger partial charge in [0.1, 0.15) is 23.2 Å². The number of rotatable bonds is 6. The summed E-state index contributed by atoms with van der Waals surface area (Å²) in [5.74, 6) is -0.221. The number of ether oxygens (including phenoxy) is 1. The van der Waals surface area contributed by atoms with Crippen LogP contribution >= 0.6 is 0 Å². The van der Waals surface area contributed by atoms with E-state index in [-0.39, 0.29) is 5.57 Å². The van der Waals surface area contributed by atoms with Gasteiger partial charge < -0.3 is 14.5 Å². The Kier molecular flexibility index (Phi) is 6.23. The summed E-state index contributed by atoms with van der Waals surface area (Å²) < 4.78 is 10.5. The zero-order valence-electron chi connectivity index (χ0n) is 15.7. The Hall–Kier alpha value is -4.11. The van der Waals surface area contributed by atoms with Crippen molar-refractivity contribution < 1.29 is 18.7 Å². The summed E-state index contributed by atoms with van der Waals surface area (Å²) in [6.07, 6.45) is 1.37. The normalized spacial score (nSPS) is 10.8. The summed E-state index contributed by atoms with van der Waals surface area (Å²) in [7, 11) is 1.31. The van der Waals surface area contributed by atoms with Gasteiger partial charge in [0, 0.05) is 18.2 Å². The molecule has 0 spiro atoms. The van der Waals surface area contributed by atoms with Crippen molar-refractivity contribution in [2.45, 2.75) is 6.54 Å². The highest BCUT2D eigenvalue weighted by atomic mass is 16.5. The van der Waals surface area contributed by atoms with Gasteiger partial charge in [-0.15, -0.1) is 0 Å². The van der Waals surface area contributed by atoms with Gasteiger partial charge in [-0.2, -0.15) is 5.26 Å². The topological polar surface area (TPSA) is 92.3 Å². The third-order valence-electron chi connectivity index (χ3n) is 4.17. The standard InChI is InChI=1S/C23H18N2O4/c1-28-23(27)20-10-6-5-9-19(20)21-12-11-18(29-21)13-17(14-24)22(26)25-15-16-7-3-2-4-8-16/h2-13H,15H2,1H3,(H,25,26)/b17-13+. The number of nitriles is 1. The van der Waals surface area contributed by atoms with Crippen molar-refractivity contribution in [2.75, 3.05) is 7.11 Å². The molecule has 1 N–H and O–H groups in total. The first-order valence-electron chi connectivity index (χ1n) is 8.84. The molecule has 0 saturated carbocycles. The quantitative estimate of drug-likeness (QED) is 0.393. The minimum atomic E-state index is -0.496. The molecule has 0 aliphatic heterocycles. The molecule has 0 fully saturated rings. The molecule has 29 heavy (non-hydrogen) atoms. The molecule has 0 atom stereocenters. The monoisotopic (exact) mass is 386 g/mol. The molecule has 0 aliphatic rings. The van der Waals surface area contributed by atoms with Crippen LogP contribution in [0.5, 0.6) is 0 Å². The van der Waals surface area contributed by atoms with Gasteiger partial charge in [-0.1, -0.05) is 48.5 Å². The molecule has 3 aromatic rings. The number of nitrogens with one attached hydrogen (secondary N) is 1. The summed E-state index contributed by atoms with van der Waals surface area (Å²) in [6, 6.07) is 21.5. The highest BCUT2D eigenvalue weighted by Crippen LogP contribution is 2.27.